The molecule has 7 nitrogen and oxygen atoms in total. The van der Waals surface area contributed by atoms with Crippen LogP contribution in [-0.4, -0.2) is 83.2 Å². The highest BCUT2D eigenvalue weighted by atomic mass is 35.5. The summed E-state index contributed by atoms with van der Waals surface area (Å²) >= 11 is 6.15. The Labute approximate surface area is 208 Å². The second kappa shape index (κ2) is 10.3. The average Bonchev–Trinajstić information content (AvgIpc) is 2.99. The number of amides is 2. The number of likely N-dealkylation sites (tertiary alicyclic amines) is 1. The van der Waals surface area contributed by atoms with Crippen LogP contribution in [0.4, 0.5) is 4.79 Å². The molecule has 4 rings (SSSR count). The zero-order chi connectivity index (χ0) is 24.5. The van der Waals surface area contributed by atoms with E-state index in [2.05, 4.69) is 4.90 Å². The zero-order valence-electron chi connectivity index (χ0n) is 20.9. The van der Waals surface area contributed by atoms with Crippen LogP contribution in [0.2, 0.25) is 5.02 Å². The van der Waals surface area contributed by atoms with E-state index in [1.54, 1.807) is 11.0 Å². The molecule has 0 bridgehead atoms. The quantitative estimate of drug-likeness (QED) is 0.621. The normalized spacial score (nSPS) is 24.5. The van der Waals surface area contributed by atoms with E-state index < -0.39 is 17.7 Å². The van der Waals surface area contributed by atoms with Crippen molar-refractivity contribution < 1.29 is 19.1 Å². The van der Waals surface area contributed by atoms with Gasteiger partial charge in [-0.15, -0.1) is 0 Å². The number of hydrogen-bond acceptors (Lipinski definition) is 5. The van der Waals surface area contributed by atoms with E-state index in [1.165, 1.54) is 19.3 Å². The highest BCUT2D eigenvalue weighted by molar-refractivity contribution is 6.31. The largest absolute Gasteiger partial charge is 0.488 e. The molecule has 3 fully saturated rings. The predicted octanol–water partition coefficient (Wildman–Crippen LogP) is 4.49. The monoisotopic (exact) mass is 491 g/mol. The van der Waals surface area contributed by atoms with Gasteiger partial charge in [0.2, 0.25) is 5.91 Å². The van der Waals surface area contributed by atoms with Gasteiger partial charge in [0.1, 0.15) is 23.5 Å². The SMILES string of the molecule is Cc1cc(OC2CC(C(=O)N3CCCN(C4CCC4)CC3)N(C(=O)OC(C)(C)C)C2)ccc1Cl. The fourth-order valence-electron chi connectivity index (χ4n) is 5.01. The van der Waals surface area contributed by atoms with Gasteiger partial charge in [-0.05, 0) is 70.7 Å². The number of nitrogens with zero attached hydrogens (tertiary/aromatic N) is 3. The number of ether oxygens (including phenoxy) is 2. The van der Waals surface area contributed by atoms with Crippen LogP contribution in [0.25, 0.3) is 0 Å². The lowest BCUT2D eigenvalue weighted by molar-refractivity contribution is -0.135. The lowest BCUT2D eigenvalue weighted by Crippen LogP contribution is -2.50. The van der Waals surface area contributed by atoms with Crippen molar-refractivity contribution in [3.8, 4) is 5.75 Å². The van der Waals surface area contributed by atoms with Crippen molar-refractivity contribution in [2.75, 3.05) is 32.7 Å². The second-order valence-corrected chi connectivity index (χ2v) is 11.2. The Balaban J connectivity index is 1.46. The molecule has 0 aromatic heterocycles. The van der Waals surface area contributed by atoms with Crippen LogP contribution in [0, 0.1) is 6.92 Å². The van der Waals surface area contributed by atoms with Gasteiger partial charge in [0, 0.05) is 43.7 Å². The van der Waals surface area contributed by atoms with Crippen LogP contribution >= 0.6 is 11.6 Å². The van der Waals surface area contributed by atoms with E-state index in [0.29, 0.717) is 36.3 Å². The Kier molecular flexibility index (Phi) is 7.63. The molecule has 0 spiro atoms. The van der Waals surface area contributed by atoms with Crippen LogP contribution in [0.1, 0.15) is 58.4 Å². The summed E-state index contributed by atoms with van der Waals surface area (Å²) in [6.45, 7) is 11.1. The summed E-state index contributed by atoms with van der Waals surface area (Å²) in [6, 6.07) is 5.62. The Morgan fingerprint density at radius 3 is 2.47 bits per heavy atom. The zero-order valence-corrected chi connectivity index (χ0v) is 21.6. The highest BCUT2D eigenvalue weighted by Crippen LogP contribution is 2.30. The fourth-order valence-corrected chi connectivity index (χ4v) is 5.13. The molecule has 8 heteroatoms. The number of aryl methyl sites for hydroxylation is 1. The van der Waals surface area contributed by atoms with Gasteiger partial charge in [0.05, 0.1) is 6.54 Å². The molecule has 2 unspecified atom stereocenters. The molecule has 2 atom stereocenters. The van der Waals surface area contributed by atoms with E-state index in [9.17, 15) is 9.59 Å². The van der Waals surface area contributed by atoms with E-state index in [0.717, 1.165) is 31.6 Å². The Morgan fingerprint density at radius 2 is 1.82 bits per heavy atom. The fraction of sp³-hybridized carbons (Fsp3) is 0.692. The van der Waals surface area contributed by atoms with Gasteiger partial charge in [-0.1, -0.05) is 18.0 Å². The van der Waals surface area contributed by atoms with Crippen LogP contribution < -0.4 is 4.74 Å². The number of hydrogen-bond donors (Lipinski definition) is 0. The number of benzene rings is 1. The van der Waals surface area contributed by atoms with Gasteiger partial charge in [0.25, 0.3) is 0 Å². The third kappa shape index (κ3) is 5.98. The van der Waals surface area contributed by atoms with Gasteiger partial charge in [-0.2, -0.15) is 0 Å². The predicted molar refractivity (Wildman–Crippen MR) is 132 cm³/mol. The number of carbonyl (C=O) groups excluding carboxylic acids is 2. The molecule has 2 aliphatic heterocycles. The third-order valence-corrected chi connectivity index (χ3v) is 7.47. The smallest absolute Gasteiger partial charge is 0.411 e. The molecule has 1 saturated carbocycles. The van der Waals surface area contributed by atoms with Gasteiger partial charge in [-0.25, -0.2) is 4.79 Å². The summed E-state index contributed by atoms with van der Waals surface area (Å²) in [7, 11) is 0. The lowest BCUT2D eigenvalue weighted by atomic mass is 9.91. The van der Waals surface area contributed by atoms with E-state index in [-0.39, 0.29) is 12.0 Å². The maximum absolute atomic E-state index is 13.7. The van der Waals surface area contributed by atoms with E-state index >= 15 is 0 Å². The molecule has 188 valence electrons. The molecule has 2 heterocycles. The number of rotatable bonds is 4. The van der Waals surface area contributed by atoms with Crippen LogP contribution in [0.15, 0.2) is 18.2 Å². The summed E-state index contributed by atoms with van der Waals surface area (Å²) in [5.41, 5.74) is 0.289. The van der Waals surface area contributed by atoms with Crippen LogP contribution in [0.5, 0.6) is 5.75 Å². The molecule has 34 heavy (non-hydrogen) atoms. The minimum atomic E-state index is -0.636. The summed E-state index contributed by atoms with van der Waals surface area (Å²) in [4.78, 5) is 32.8. The molecule has 1 aromatic carbocycles. The summed E-state index contributed by atoms with van der Waals surface area (Å²) in [6.07, 6.45) is 4.51. The van der Waals surface area contributed by atoms with Gasteiger partial charge in [0.15, 0.2) is 0 Å². The van der Waals surface area contributed by atoms with E-state index in [4.69, 9.17) is 21.1 Å². The summed E-state index contributed by atoms with van der Waals surface area (Å²) < 4.78 is 11.9. The Morgan fingerprint density at radius 1 is 1.06 bits per heavy atom. The molecule has 0 radical (unpaired) electrons. The van der Waals surface area contributed by atoms with Crippen molar-refractivity contribution >= 4 is 23.6 Å². The minimum Gasteiger partial charge on any atom is -0.488 e. The summed E-state index contributed by atoms with van der Waals surface area (Å²) in [5.74, 6) is 0.690. The molecule has 0 N–H and O–H groups in total. The molecular weight excluding hydrogens is 454 g/mol. The molecule has 1 aromatic rings. The first-order valence-electron chi connectivity index (χ1n) is 12.6. The van der Waals surface area contributed by atoms with Crippen molar-refractivity contribution in [2.24, 2.45) is 0 Å². The van der Waals surface area contributed by atoms with Gasteiger partial charge in [-0.3, -0.25) is 14.6 Å². The first-order chi connectivity index (χ1) is 16.1. The Bertz CT molecular complexity index is 899. The van der Waals surface area contributed by atoms with Crippen molar-refractivity contribution in [1.82, 2.24) is 14.7 Å². The van der Waals surface area contributed by atoms with Crippen LogP contribution in [-0.2, 0) is 9.53 Å². The lowest BCUT2D eigenvalue weighted by Gasteiger charge is -2.37. The van der Waals surface area contributed by atoms with Gasteiger partial charge < -0.3 is 14.4 Å². The van der Waals surface area contributed by atoms with E-state index in [1.807, 2.05) is 44.7 Å². The first-order valence-corrected chi connectivity index (χ1v) is 12.9. The minimum absolute atomic E-state index is 0.000273. The second-order valence-electron chi connectivity index (χ2n) is 10.8. The molecule has 2 amide bonds. The number of halogens is 1. The molecule has 2 saturated heterocycles. The summed E-state index contributed by atoms with van der Waals surface area (Å²) in [5, 5.41) is 0.680. The molecule has 3 aliphatic rings. The average molecular weight is 492 g/mol. The third-order valence-electron chi connectivity index (χ3n) is 7.04. The molecule has 1 aliphatic carbocycles. The van der Waals surface area contributed by atoms with Crippen molar-refractivity contribution in [1.29, 1.82) is 0 Å². The highest BCUT2D eigenvalue weighted by Gasteiger charge is 2.44. The maximum Gasteiger partial charge on any atom is 0.411 e. The number of carbonyl (C=O) groups is 2. The van der Waals surface area contributed by atoms with Crippen molar-refractivity contribution in [3.05, 3.63) is 28.8 Å². The first kappa shape index (κ1) is 25.1. The standard InChI is InChI=1S/C26H38ClN3O4/c1-18-15-20(9-10-22(18)27)33-21-16-23(30(17-21)25(32)34-26(2,3)4)24(31)29-12-6-11-28(13-14-29)19-7-5-8-19/h9-10,15,19,21,23H,5-8,11-14,16-17H2,1-4H3. The van der Waals surface area contributed by atoms with Crippen molar-refractivity contribution in [3.63, 3.8) is 0 Å². The van der Waals surface area contributed by atoms with Crippen LogP contribution in [0.3, 0.4) is 0 Å². The topological polar surface area (TPSA) is 62.3 Å². The van der Waals surface area contributed by atoms with Gasteiger partial charge >= 0.3 is 6.09 Å². The molecular formula is C26H38ClN3O4. The van der Waals surface area contributed by atoms with Crippen molar-refractivity contribution in [2.45, 2.75) is 83.6 Å². The maximum atomic E-state index is 13.7. The Hall–Kier alpha value is -1.99.